The standard InChI is InChI=1S/C16H13N5O2S/c17-16(14-11-18-15-6-1-2-7-19(14)15)20(8-9-24-16)12-4-3-5-13(10-12)21(22)23/h1-11H,17H2. The first-order valence-electron chi connectivity index (χ1n) is 7.19. The summed E-state index contributed by atoms with van der Waals surface area (Å²) >= 11 is 1.43. The third kappa shape index (κ3) is 2.15. The van der Waals surface area contributed by atoms with Crippen LogP contribution >= 0.6 is 11.8 Å². The van der Waals surface area contributed by atoms with Gasteiger partial charge in [0.05, 0.1) is 22.5 Å². The van der Waals surface area contributed by atoms with Crippen LogP contribution in [0.5, 0.6) is 0 Å². The number of nitrogens with two attached hydrogens (primary N) is 1. The van der Waals surface area contributed by atoms with E-state index < -0.39 is 9.92 Å². The zero-order chi connectivity index (χ0) is 16.7. The summed E-state index contributed by atoms with van der Waals surface area (Å²) in [6.07, 6.45) is 5.46. The second-order valence-corrected chi connectivity index (χ2v) is 6.45. The van der Waals surface area contributed by atoms with Crippen molar-refractivity contribution in [1.82, 2.24) is 9.38 Å². The van der Waals surface area contributed by atoms with Gasteiger partial charge in [-0.25, -0.2) is 4.98 Å². The SMILES string of the molecule is NC1(c2cnc3ccccn23)SC=CN1c1cccc([N+](=O)[O-])c1. The Morgan fingerprint density at radius 2 is 2.12 bits per heavy atom. The van der Waals surface area contributed by atoms with Crippen molar-refractivity contribution in [3.63, 3.8) is 0 Å². The number of fused-ring (bicyclic) bond motifs is 1. The molecule has 3 heterocycles. The molecule has 1 atom stereocenters. The van der Waals surface area contributed by atoms with Crippen LogP contribution in [0.15, 0.2) is 66.5 Å². The largest absolute Gasteiger partial charge is 0.314 e. The lowest BCUT2D eigenvalue weighted by molar-refractivity contribution is -0.384. The van der Waals surface area contributed by atoms with Crippen molar-refractivity contribution in [1.29, 1.82) is 0 Å². The first-order valence-corrected chi connectivity index (χ1v) is 8.07. The molecule has 2 N–H and O–H groups in total. The molecule has 2 aromatic heterocycles. The van der Waals surface area contributed by atoms with Gasteiger partial charge in [0.1, 0.15) is 5.65 Å². The quantitative estimate of drug-likeness (QED) is 0.583. The maximum Gasteiger partial charge on any atom is 0.271 e. The predicted molar refractivity (Wildman–Crippen MR) is 93.4 cm³/mol. The number of hydrogen-bond acceptors (Lipinski definition) is 6. The molecule has 0 saturated heterocycles. The van der Waals surface area contributed by atoms with Crippen molar-refractivity contribution in [2.24, 2.45) is 5.73 Å². The van der Waals surface area contributed by atoms with Crippen LogP contribution < -0.4 is 10.6 Å². The van der Waals surface area contributed by atoms with Gasteiger partial charge in [-0.3, -0.25) is 20.2 Å². The molecule has 120 valence electrons. The average molecular weight is 339 g/mol. The molecule has 0 fully saturated rings. The lowest BCUT2D eigenvalue weighted by Gasteiger charge is -2.34. The summed E-state index contributed by atoms with van der Waals surface area (Å²) in [6, 6.07) is 12.1. The fourth-order valence-electron chi connectivity index (χ4n) is 2.78. The van der Waals surface area contributed by atoms with Crippen LogP contribution in [0.25, 0.3) is 5.65 Å². The second-order valence-electron chi connectivity index (χ2n) is 5.32. The van der Waals surface area contributed by atoms with Crippen molar-refractivity contribution in [2.45, 2.75) is 4.99 Å². The number of hydrogen-bond donors (Lipinski definition) is 1. The molecule has 0 radical (unpaired) electrons. The van der Waals surface area contributed by atoms with Crippen molar-refractivity contribution >= 4 is 28.8 Å². The maximum atomic E-state index is 11.1. The summed E-state index contributed by atoms with van der Waals surface area (Å²) in [5.41, 5.74) is 8.95. The highest BCUT2D eigenvalue weighted by atomic mass is 32.2. The number of benzene rings is 1. The maximum absolute atomic E-state index is 11.1. The number of nitro groups is 1. The van der Waals surface area contributed by atoms with Crippen LogP contribution in [0.4, 0.5) is 11.4 Å². The molecular formula is C16H13N5O2S. The third-order valence-electron chi connectivity index (χ3n) is 3.92. The third-order valence-corrected chi connectivity index (χ3v) is 4.94. The Kier molecular flexibility index (Phi) is 3.29. The van der Waals surface area contributed by atoms with E-state index in [0.29, 0.717) is 5.69 Å². The smallest absolute Gasteiger partial charge is 0.271 e. The first kappa shape index (κ1) is 14.7. The Bertz CT molecular complexity index is 970. The summed E-state index contributed by atoms with van der Waals surface area (Å²) < 4.78 is 1.92. The van der Waals surface area contributed by atoms with Gasteiger partial charge in [0, 0.05) is 24.5 Å². The second kappa shape index (κ2) is 5.36. The van der Waals surface area contributed by atoms with Gasteiger partial charge in [-0.15, -0.1) is 0 Å². The number of non-ortho nitro benzene ring substituents is 1. The van der Waals surface area contributed by atoms with E-state index >= 15 is 0 Å². The Balaban J connectivity index is 1.83. The molecule has 8 heteroatoms. The number of imidazole rings is 1. The summed E-state index contributed by atoms with van der Waals surface area (Å²) in [6.45, 7) is 0. The zero-order valence-corrected chi connectivity index (χ0v) is 13.3. The summed E-state index contributed by atoms with van der Waals surface area (Å²) in [7, 11) is 0. The molecule has 0 saturated carbocycles. The minimum absolute atomic E-state index is 0.0262. The van der Waals surface area contributed by atoms with Gasteiger partial charge in [-0.05, 0) is 23.6 Å². The van der Waals surface area contributed by atoms with Crippen LogP contribution in [0.2, 0.25) is 0 Å². The summed E-state index contributed by atoms with van der Waals surface area (Å²) in [5, 5.41) is 12.9. The monoisotopic (exact) mass is 339 g/mol. The van der Waals surface area contributed by atoms with E-state index in [1.807, 2.05) is 45.3 Å². The Morgan fingerprint density at radius 3 is 2.96 bits per heavy atom. The van der Waals surface area contributed by atoms with Gasteiger partial charge in [-0.1, -0.05) is 23.9 Å². The van der Waals surface area contributed by atoms with Crippen molar-refractivity contribution in [3.8, 4) is 0 Å². The van der Waals surface area contributed by atoms with Gasteiger partial charge in [0.2, 0.25) is 0 Å². The fourth-order valence-corrected chi connectivity index (χ4v) is 3.72. The molecule has 4 rings (SSSR count). The van der Waals surface area contributed by atoms with E-state index in [-0.39, 0.29) is 5.69 Å². The van der Waals surface area contributed by atoms with E-state index in [1.165, 1.54) is 23.9 Å². The molecule has 0 amide bonds. The molecule has 1 unspecified atom stereocenters. The van der Waals surface area contributed by atoms with E-state index in [9.17, 15) is 10.1 Å². The van der Waals surface area contributed by atoms with Crippen molar-refractivity contribution in [2.75, 3.05) is 4.90 Å². The lowest BCUT2D eigenvalue weighted by atomic mass is 10.2. The van der Waals surface area contributed by atoms with Crippen LogP contribution in [0.3, 0.4) is 0 Å². The topological polar surface area (TPSA) is 89.7 Å². The van der Waals surface area contributed by atoms with Crippen molar-refractivity contribution < 1.29 is 4.92 Å². The normalized spacial score (nSPS) is 20.0. The van der Waals surface area contributed by atoms with Gasteiger partial charge < -0.3 is 4.90 Å². The van der Waals surface area contributed by atoms with Crippen LogP contribution in [-0.2, 0) is 4.99 Å². The van der Waals surface area contributed by atoms with E-state index in [0.717, 1.165) is 11.3 Å². The Hall–Kier alpha value is -2.84. The lowest BCUT2D eigenvalue weighted by Crippen LogP contribution is -2.46. The molecule has 1 aromatic carbocycles. The number of rotatable bonds is 3. The fraction of sp³-hybridized carbons (Fsp3) is 0.0625. The van der Waals surface area contributed by atoms with E-state index in [4.69, 9.17) is 5.73 Å². The number of nitro benzene ring substituents is 1. The Morgan fingerprint density at radius 1 is 1.25 bits per heavy atom. The predicted octanol–water partition coefficient (Wildman–Crippen LogP) is 3.04. The van der Waals surface area contributed by atoms with Gasteiger partial charge in [-0.2, -0.15) is 0 Å². The zero-order valence-electron chi connectivity index (χ0n) is 12.4. The molecule has 1 aliphatic heterocycles. The highest BCUT2D eigenvalue weighted by molar-refractivity contribution is 8.03. The minimum atomic E-state index is -0.935. The molecule has 24 heavy (non-hydrogen) atoms. The van der Waals surface area contributed by atoms with Gasteiger partial charge in [0.15, 0.2) is 4.99 Å². The van der Waals surface area contributed by atoms with E-state index in [2.05, 4.69) is 4.98 Å². The Labute approximate surface area is 141 Å². The summed E-state index contributed by atoms with van der Waals surface area (Å²) in [5.74, 6) is 0. The molecule has 7 nitrogen and oxygen atoms in total. The molecule has 0 bridgehead atoms. The van der Waals surface area contributed by atoms with Gasteiger partial charge >= 0.3 is 0 Å². The number of thioether (sulfide) groups is 1. The minimum Gasteiger partial charge on any atom is -0.314 e. The molecule has 3 aromatic rings. The van der Waals surface area contributed by atoms with Crippen LogP contribution in [0.1, 0.15) is 5.69 Å². The molecular weight excluding hydrogens is 326 g/mol. The molecule has 0 aliphatic carbocycles. The van der Waals surface area contributed by atoms with Crippen molar-refractivity contribution in [3.05, 3.63) is 82.3 Å². The highest BCUT2D eigenvalue weighted by Gasteiger charge is 2.40. The molecule has 1 aliphatic rings. The van der Waals surface area contributed by atoms with Crippen LogP contribution in [0, 0.1) is 10.1 Å². The first-order chi connectivity index (χ1) is 11.6. The number of aromatic nitrogens is 2. The van der Waals surface area contributed by atoms with Gasteiger partial charge in [0.25, 0.3) is 5.69 Å². The highest BCUT2D eigenvalue weighted by Crippen LogP contribution is 2.44. The van der Waals surface area contributed by atoms with E-state index in [1.54, 1.807) is 18.3 Å². The number of pyridine rings is 1. The average Bonchev–Trinajstić information content (AvgIpc) is 3.19. The van der Waals surface area contributed by atoms with Crippen LogP contribution in [-0.4, -0.2) is 14.3 Å². The summed E-state index contributed by atoms with van der Waals surface area (Å²) in [4.78, 5) is 15.9. The number of nitrogens with zero attached hydrogens (tertiary/aromatic N) is 4. The number of anilines is 1. The molecule has 0 spiro atoms.